The minimum atomic E-state index is 0.376. The third-order valence-electron chi connectivity index (χ3n) is 6.23. The normalized spacial score (nSPS) is 33.5. The van der Waals surface area contributed by atoms with Gasteiger partial charge < -0.3 is 0 Å². The molecule has 0 aliphatic heterocycles. The number of nitriles is 1. The van der Waals surface area contributed by atoms with E-state index < -0.39 is 0 Å². The molecule has 0 heterocycles. The maximum atomic E-state index is 9.01. The SMILES string of the molecule is CCCCCCCC1CCC([C@H]2CC[C@H](C#N)CC2)CC1. The zero-order valence-corrected chi connectivity index (χ0v) is 14.2. The van der Waals surface area contributed by atoms with E-state index >= 15 is 0 Å². The van der Waals surface area contributed by atoms with Crippen LogP contribution in [0.4, 0.5) is 0 Å². The molecule has 0 atom stereocenters. The first-order chi connectivity index (χ1) is 10.3. The van der Waals surface area contributed by atoms with Crippen LogP contribution in [0.1, 0.15) is 96.8 Å². The molecule has 0 saturated heterocycles. The van der Waals surface area contributed by atoms with E-state index in [1.807, 2.05) is 0 Å². The first kappa shape index (κ1) is 16.9. The van der Waals surface area contributed by atoms with E-state index in [9.17, 15) is 0 Å². The minimum Gasteiger partial charge on any atom is -0.198 e. The van der Waals surface area contributed by atoms with Gasteiger partial charge in [0, 0.05) is 5.92 Å². The molecule has 0 spiro atoms. The van der Waals surface area contributed by atoms with Crippen LogP contribution in [-0.2, 0) is 0 Å². The van der Waals surface area contributed by atoms with Crippen LogP contribution in [0.5, 0.6) is 0 Å². The summed E-state index contributed by atoms with van der Waals surface area (Å²) in [5.41, 5.74) is 0. The Kier molecular flexibility index (Phi) is 7.62. The van der Waals surface area contributed by atoms with Crippen LogP contribution < -0.4 is 0 Å². The van der Waals surface area contributed by atoms with Crippen molar-refractivity contribution in [2.45, 2.75) is 96.8 Å². The molecule has 0 amide bonds. The number of nitrogens with zero attached hydrogens (tertiary/aromatic N) is 1. The van der Waals surface area contributed by atoms with Gasteiger partial charge in [0.15, 0.2) is 0 Å². The summed E-state index contributed by atoms with van der Waals surface area (Å²) in [4.78, 5) is 0. The van der Waals surface area contributed by atoms with Crippen LogP contribution in [0.25, 0.3) is 0 Å². The summed E-state index contributed by atoms with van der Waals surface area (Å²) < 4.78 is 0. The van der Waals surface area contributed by atoms with Gasteiger partial charge in [0.2, 0.25) is 0 Å². The summed E-state index contributed by atoms with van der Waals surface area (Å²) in [7, 11) is 0. The highest BCUT2D eigenvalue weighted by Crippen LogP contribution is 2.42. The van der Waals surface area contributed by atoms with Gasteiger partial charge in [-0.3, -0.25) is 0 Å². The predicted molar refractivity (Wildman–Crippen MR) is 89.9 cm³/mol. The first-order valence-electron chi connectivity index (χ1n) is 9.73. The van der Waals surface area contributed by atoms with Crippen LogP contribution in [0.3, 0.4) is 0 Å². The molecule has 21 heavy (non-hydrogen) atoms. The largest absolute Gasteiger partial charge is 0.198 e. The second-order valence-corrected chi connectivity index (χ2v) is 7.72. The summed E-state index contributed by atoms with van der Waals surface area (Å²) in [6.45, 7) is 2.30. The van der Waals surface area contributed by atoms with E-state index in [0.717, 1.165) is 17.8 Å². The summed E-state index contributed by atoms with van der Waals surface area (Å²) in [6.07, 6.45) is 19.7. The molecule has 2 aliphatic rings. The molecule has 0 unspecified atom stereocenters. The lowest BCUT2D eigenvalue weighted by Gasteiger charge is -2.36. The van der Waals surface area contributed by atoms with Crippen molar-refractivity contribution in [1.29, 1.82) is 5.26 Å². The molecule has 0 N–H and O–H groups in total. The lowest BCUT2D eigenvalue weighted by molar-refractivity contribution is 0.152. The lowest BCUT2D eigenvalue weighted by atomic mass is 9.69. The molecular formula is C20H35N. The molecule has 0 aromatic heterocycles. The highest BCUT2D eigenvalue weighted by molar-refractivity contribution is 4.89. The Balaban J connectivity index is 1.57. The quantitative estimate of drug-likeness (QED) is 0.492. The Morgan fingerprint density at radius 3 is 1.90 bits per heavy atom. The van der Waals surface area contributed by atoms with Crippen molar-refractivity contribution in [3.05, 3.63) is 0 Å². The van der Waals surface area contributed by atoms with Crippen molar-refractivity contribution in [3.8, 4) is 6.07 Å². The van der Waals surface area contributed by atoms with Crippen LogP contribution in [0, 0.1) is 35.0 Å². The van der Waals surface area contributed by atoms with E-state index in [1.165, 1.54) is 89.9 Å². The van der Waals surface area contributed by atoms with Gasteiger partial charge >= 0.3 is 0 Å². The predicted octanol–water partition coefficient (Wildman–Crippen LogP) is 6.48. The Hall–Kier alpha value is -0.510. The standard InChI is InChI=1S/C20H35N/c1-2-3-4-5-6-7-17-8-12-19(13-9-17)20-14-10-18(16-21)11-15-20/h17-20H,2-15H2,1H3/t17?,18-,19?,20-. The van der Waals surface area contributed by atoms with E-state index in [2.05, 4.69) is 13.0 Å². The Morgan fingerprint density at radius 1 is 0.762 bits per heavy atom. The summed E-state index contributed by atoms with van der Waals surface area (Å²) in [5.74, 6) is 3.38. The number of hydrogen-bond donors (Lipinski definition) is 0. The molecular weight excluding hydrogens is 254 g/mol. The van der Waals surface area contributed by atoms with E-state index in [4.69, 9.17) is 5.26 Å². The Labute approximate surface area is 132 Å². The molecule has 0 radical (unpaired) electrons. The zero-order chi connectivity index (χ0) is 14.9. The van der Waals surface area contributed by atoms with E-state index in [-0.39, 0.29) is 0 Å². The van der Waals surface area contributed by atoms with Gasteiger partial charge in [-0.15, -0.1) is 0 Å². The van der Waals surface area contributed by atoms with Crippen molar-refractivity contribution in [1.82, 2.24) is 0 Å². The van der Waals surface area contributed by atoms with Crippen molar-refractivity contribution in [3.63, 3.8) is 0 Å². The molecule has 0 aromatic carbocycles. The smallest absolute Gasteiger partial charge is 0.0655 e. The van der Waals surface area contributed by atoms with Gasteiger partial charge in [-0.05, 0) is 56.3 Å². The van der Waals surface area contributed by atoms with Gasteiger partial charge in [-0.1, -0.05) is 58.3 Å². The Morgan fingerprint density at radius 2 is 1.33 bits per heavy atom. The summed E-state index contributed by atoms with van der Waals surface area (Å²) >= 11 is 0. The third-order valence-corrected chi connectivity index (χ3v) is 6.23. The van der Waals surface area contributed by atoms with Gasteiger partial charge in [-0.2, -0.15) is 5.26 Å². The summed E-state index contributed by atoms with van der Waals surface area (Å²) in [6, 6.07) is 2.47. The average molecular weight is 290 g/mol. The van der Waals surface area contributed by atoms with Crippen molar-refractivity contribution < 1.29 is 0 Å². The highest BCUT2D eigenvalue weighted by atomic mass is 14.4. The molecule has 2 aliphatic carbocycles. The molecule has 2 rings (SSSR count). The van der Waals surface area contributed by atoms with Crippen LogP contribution >= 0.6 is 0 Å². The van der Waals surface area contributed by atoms with Gasteiger partial charge in [0.05, 0.1) is 6.07 Å². The van der Waals surface area contributed by atoms with Gasteiger partial charge in [0.1, 0.15) is 0 Å². The van der Waals surface area contributed by atoms with Crippen LogP contribution in [0.15, 0.2) is 0 Å². The molecule has 120 valence electrons. The maximum absolute atomic E-state index is 9.01. The first-order valence-corrected chi connectivity index (χ1v) is 9.73. The number of unbranched alkanes of at least 4 members (excludes halogenated alkanes) is 4. The molecule has 2 fully saturated rings. The van der Waals surface area contributed by atoms with Gasteiger partial charge in [-0.25, -0.2) is 0 Å². The monoisotopic (exact) mass is 289 g/mol. The molecule has 0 bridgehead atoms. The van der Waals surface area contributed by atoms with Crippen molar-refractivity contribution in [2.24, 2.45) is 23.7 Å². The fourth-order valence-corrected chi connectivity index (χ4v) is 4.70. The van der Waals surface area contributed by atoms with E-state index in [1.54, 1.807) is 0 Å². The van der Waals surface area contributed by atoms with E-state index in [0.29, 0.717) is 5.92 Å². The van der Waals surface area contributed by atoms with Crippen molar-refractivity contribution in [2.75, 3.05) is 0 Å². The Bertz CT molecular complexity index is 300. The van der Waals surface area contributed by atoms with Crippen molar-refractivity contribution >= 4 is 0 Å². The fraction of sp³-hybridized carbons (Fsp3) is 0.950. The molecule has 1 heteroatoms. The highest BCUT2D eigenvalue weighted by Gasteiger charge is 2.30. The van der Waals surface area contributed by atoms with Gasteiger partial charge in [0.25, 0.3) is 0 Å². The second kappa shape index (κ2) is 9.50. The topological polar surface area (TPSA) is 23.8 Å². The fourth-order valence-electron chi connectivity index (χ4n) is 4.70. The summed E-state index contributed by atoms with van der Waals surface area (Å²) in [5, 5.41) is 9.01. The minimum absolute atomic E-state index is 0.376. The third kappa shape index (κ3) is 5.65. The average Bonchev–Trinajstić information content (AvgIpc) is 2.55. The van der Waals surface area contributed by atoms with Crippen LogP contribution in [0.2, 0.25) is 0 Å². The maximum Gasteiger partial charge on any atom is 0.0655 e. The molecule has 2 saturated carbocycles. The lowest BCUT2D eigenvalue weighted by Crippen LogP contribution is -2.25. The number of rotatable bonds is 7. The van der Waals surface area contributed by atoms with Crippen LogP contribution in [-0.4, -0.2) is 0 Å². The molecule has 1 nitrogen and oxygen atoms in total. The second-order valence-electron chi connectivity index (χ2n) is 7.72. The zero-order valence-electron chi connectivity index (χ0n) is 14.2. The molecule has 0 aromatic rings. The number of hydrogen-bond acceptors (Lipinski definition) is 1.